The molecule has 0 aliphatic carbocycles. The maximum absolute atomic E-state index is 13.4. The first-order valence-corrected chi connectivity index (χ1v) is 10.3. The Balaban J connectivity index is 1.74. The van der Waals surface area contributed by atoms with Crippen LogP contribution >= 0.6 is 0 Å². The molecular weight excluding hydrogens is 394 g/mol. The van der Waals surface area contributed by atoms with E-state index in [9.17, 15) is 14.4 Å². The van der Waals surface area contributed by atoms with Crippen molar-refractivity contribution in [2.45, 2.75) is 20.8 Å². The van der Waals surface area contributed by atoms with E-state index in [-0.39, 0.29) is 30.3 Å². The molecule has 1 aliphatic heterocycles. The monoisotopic (exact) mass is 421 g/mol. The standard InChI is InChI=1S/C23H27N5O3/c1-15-12-19(20(29)13-26-11-10-24-21(30)14-26)16(2)27(15)22-17(3)25(4)28(23(22)31)18-8-6-5-7-9-18/h5-9,12H,10-11,13-14H2,1-4H3,(H,24,30). The fourth-order valence-electron chi connectivity index (χ4n) is 4.32. The average Bonchev–Trinajstić information content (AvgIpc) is 3.14. The van der Waals surface area contributed by atoms with E-state index in [1.54, 1.807) is 4.68 Å². The van der Waals surface area contributed by atoms with Crippen LogP contribution in [0.1, 0.15) is 27.4 Å². The van der Waals surface area contributed by atoms with E-state index in [1.807, 2.05) is 78.4 Å². The van der Waals surface area contributed by atoms with Crippen LogP contribution in [-0.4, -0.2) is 56.7 Å². The second-order valence-electron chi connectivity index (χ2n) is 8.01. The molecule has 0 saturated carbocycles. The number of aryl methyl sites for hydroxylation is 1. The summed E-state index contributed by atoms with van der Waals surface area (Å²) < 4.78 is 5.34. The Morgan fingerprint density at radius 2 is 1.77 bits per heavy atom. The van der Waals surface area contributed by atoms with Crippen LogP contribution in [-0.2, 0) is 11.8 Å². The Morgan fingerprint density at radius 3 is 2.45 bits per heavy atom. The lowest BCUT2D eigenvalue weighted by atomic mass is 10.1. The first-order chi connectivity index (χ1) is 14.8. The van der Waals surface area contributed by atoms with Crippen LogP contribution < -0.4 is 10.9 Å². The highest BCUT2D eigenvalue weighted by atomic mass is 16.2. The third kappa shape index (κ3) is 3.63. The smallest absolute Gasteiger partial charge is 0.295 e. The lowest BCUT2D eigenvalue weighted by Crippen LogP contribution is -2.49. The molecule has 3 aromatic rings. The number of hydrogen-bond donors (Lipinski definition) is 1. The van der Waals surface area contributed by atoms with Crippen molar-refractivity contribution in [2.75, 3.05) is 26.2 Å². The number of aromatic nitrogens is 3. The van der Waals surface area contributed by atoms with Crippen LogP contribution in [0.2, 0.25) is 0 Å². The average molecular weight is 422 g/mol. The fraction of sp³-hybridized carbons (Fsp3) is 0.348. The summed E-state index contributed by atoms with van der Waals surface area (Å²) in [5.41, 5.74) is 4.13. The summed E-state index contributed by atoms with van der Waals surface area (Å²) in [5.74, 6) is -0.114. The fourth-order valence-corrected chi connectivity index (χ4v) is 4.32. The van der Waals surface area contributed by atoms with E-state index in [0.29, 0.717) is 24.3 Å². The molecule has 1 fully saturated rings. The number of para-hydroxylation sites is 1. The lowest BCUT2D eigenvalue weighted by Gasteiger charge is -2.25. The number of Topliss-reactive ketones (excluding diaryl/α,β-unsaturated/α-hetero) is 1. The summed E-state index contributed by atoms with van der Waals surface area (Å²) in [7, 11) is 1.86. The Morgan fingerprint density at radius 1 is 1.06 bits per heavy atom. The number of rotatable bonds is 5. The first-order valence-electron chi connectivity index (χ1n) is 10.3. The molecule has 8 nitrogen and oxygen atoms in total. The van der Waals surface area contributed by atoms with Gasteiger partial charge in [0.1, 0.15) is 5.69 Å². The van der Waals surface area contributed by atoms with Gasteiger partial charge < -0.3 is 9.88 Å². The Labute approximate surface area is 180 Å². The van der Waals surface area contributed by atoms with Gasteiger partial charge in [-0.3, -0.25) is 24.0 Å². The van der Waals surface area contributed by atoms with E-state index in [0.717, 1.165) is 22.8 Å². The van der Waals surface area contributed by atoms with E-state index in [2.05, 4.69) is 5.32 Å². The summed E-state index contributed by atoms with van der Waals surface area (Å²) in [6.07, 6.45) is 0. The van der Waals surface area contributed by atoms with Crippen LogP contribution in [0.25, 0.3) is 11.4 Å². The molecule has 0 unspecified atom stereocenters. The maximum atomic E-state index is 13.4. The van der Waals surface area contributed by atoms with Crippen molar-refractivity contribution in [3.8, 4) is 11.4 Å². The normalized spacial score (nSPS) is 14.6. The van der Waals surface area contributed by atoms with Crippen molar-refractivity contribution >= 4 is 11.7 Å². The van der Waals surface area contributed by atoms with Gasteiger partial charge in [-0.25, -0.2) is 4.68 Å². The molecule has 1 amide bonds. The number of nitrogens with one attached hydrogen (secondary N) is 1. The molecule has 2 aromatic heterocycles. The minimum Gasteiger partial charge on any atom is -0.354 e. The number of hydrogen-bond acceptors (Lipinski definition) is 4. The highest BCUT2D eigenvalue weighted by molar-refractivity contribution is 5.99. The molecule has 1 aliphatic rings. The van der Waals surface area contributed by atoms with Crippen LogP contribution in [0.4, 0.5) is 0 Å². The molecule has 0 spiro atoms. The third-order valence-electron chi connectivity index (χ3n) is 5.96. The van der Waals surface area contributed by atoms with Crippen LogP contribution in [0.3, 0.4) is 0 Å². The molecule has 1 saturated heterocycles. The molecule has 1 aromatic carbocycles. The minimum atomic E-state index is -0.139. The molecule has 0 atom stereocenters. The van der Waals surface area contributed by atoms with Crippen molar-refractivity contribution in [1.29, 1.82) is 0 Å². The summed E-state index contributed by atoms with van der Waals surface area (Å²) in [4.78, 5) is 39.9. The second kappa shape index (κ2) is 8.03. The van der Waals surface area contributed by atoms with E-state index < -0.39 is 0 Å². The highest BCUT2D eigenvalue weighted by Crippen LogP contribution is 2.23. The number of carbonyl (C=O) groups is 2. The third-order valence-corrected chi connectivity index (χ3v) is 5.96. The van der Waals surface area contributed by atoms with Gasteiger partial charge in [0.2, 0.25) is 5.91 Å². The van der Waals surface area contributed by atoms with Crippen LogP contribution in [0.15, 0.2) is 41.2 Å². The van der Waals surface area contributed by atoms with Gasteiger partial charge in [0, 0.05) is 37.1 Å². The number of amides is 1. The van der Waals surface area contributed by atoms with Crippen molar-refractivity contribution in [1.82, 2.24) is 24.1 Å². The van der Waals surface area contributed by atoms with Gasteiger partial charge in [-0.05, 0) is 39.0 Å². The molecule has 31 heavy (non-hydrogen) atoms. The first kappa shape index (κ1) is 20.9. The van der Waals surface area contributed by atoms with E-state index >= 15 is 0 Å². The van der Waals surface area contributed by atoms with Gasteiger partial charge in [0.05, 0.1) is 24.5 Å². The predicted molar refractivity (Wildman–Crippen MR) is 118 cm³/mol. The highest BCUT2D eigenvalue weighted by Gasteiger charge is 2.25. The van der Waals surface area contributed by atoms with Crippen molar-refractivity contribution < 1.29 is 9.59 Å². The number of piperazine rings is 1. The lowest BCUT2D eigenvalue weighted by molar-refractivity contribution is -0.123. The van der Waals surface area contributed by atoms with E-state index in [4.69, 9.17) is 0 Å². The molecule has 0 bridgehead atoms. The quantitative estimate of drug-likeness (QED) is 0.633. The van der Waals surface area contributed by atoms with Gasteiger partial charge in [0.15, 0.2) is 5.78 Å². The molecule has 3 heterocycles. The molecule has 8 heteroatoms. The number of benzene rings is 1. The SMILES string of the molecule is Cc1cc(C(=O)CN2CCNC(=O)C2)c(C)n1-c1c(C)n(C)n(-c2ccccc2)c1=O. The molecule has 162 valence electrons. The Kier molecular flexibility index (Phi) is 5.41. The number of carbonyl (C=O) groups excluding carboxylic acids is 2. The molecule has 1 N–H and O–H groups in total. The summed E-state index contributed by atoms with van der Waals surface area (Å²) in [6, 6.07) is 11.3. The van der Waals surface area contributed by atoms with Crippen LogP contribution in [0, 0.1) is 20.8 Å². The molecule has 4 rings (SSSR count). The molecular formula is C23H27N5O3. The minimum absolute atomic E-state index is 0.0500. The summed E-state index contributed by atoms with van der Waals surface area (Å²) in [6.45, 7) is 7.27. The topological polar surface area (TPSA) is 81.3 Å². The number of nitrogens with zero attached hydrogens (tertiary/aromatic N) is 4. The zero-order chi connectivity index (χ0) is 22.3. The van der Waals surface area contributed by atoms with Gasteiger partial charge in [-0.2, -0.15) is 0 Å². The largest absolute Gasteiger partial charge is 0.354 e. The zero-order valence-corrected chi connectivity index (χ0v) is 18.3. The predicted octanol–water partition coefficient (Wildman–Crippen LogP) is 1.51. The van der Waals surface area contributed by atoms with Crippen LogP contribution in [0.5, 0.6) is 0 Å². The zero-order valence-electron chi connectivity index (χ0n) is 18.3. The summed E-state index contributed by atoms with van der Waals surface area (Å²) >= 11 is 0. The summed E-state index contributed by atoms with van der Waals surface area (Å²) in [5, 5.41) is 2.77. The van der Waals surface area contributed by atoms with Gasteiger partial charge >= 0.3 is 0 Å². The van der Waals surface area contributed by atoms with Crippen molar-refractivity contribution in [3.05, 3.63) is 69.4 Å². The van der Waals surface area contributed by atoms with E-state index in [1.165, 1.54) is 0 Å². The Bertz CT molecular complexity index is 1220. The maximum Gasteiger partial charge on any atom is 0.295 e. The van der Waals surface area contributed by atoms with Crippen molar-refractivity contribution in [3.63, 3.8) is 0 Å². The number of ketones is 1. The van der Waals surface area contributed by atoms with Gasteiger partial charge in [0.25, 0.3) is 5.56 Å². The van der Waals surface area contributed by atoms with Crippen molar-refractivity contribution in [2.24, 2.45) is 7.05 Å². The molecule has 0 radical (unpaired) electrons. The van der Waals surface area contributed by atoms with Gasteiger partial charge in [-0.1, -0.05) is 18.2 Å². The van der Waals surface area contributed by atoms with Gasteiger partial charge in [-0.15, -0.1) is 0 Å². The Hall–Kier alpha value is -3.39. The second-order valence-corrected chi connectivity index (χ2v) is 8.01.